The van der Waals surface area contributed by atoms with Crippen LogP contribution in [-0.4, -0.2) is 34.0 Å². The van der Waals surface area contributed by atoms with E-state index in [-0.39, 0.29) is 16.2 Å². The number of primary sulfonamides is 1. The predicted molar refractivity (Wildman–Crippen MR) is 108 cm³/mol. The highest BCUT2D eigenvalue weighted by molar-refractivity contribution is 7.89. The summed E-state index contributed by atoms with van der Waals surface area (Å²) in [6, 6.07) is 7.98. The second kappa shape index (κ2) is 9.45. The first-order chi connectivity index (χ1) is 13.5. The zero-order valence-electron chi connectivity index (χ0n) is 15.4. The molecular weight excluding hydrogens is 443 g/mol. The highest BCUT2D eigenvalue weighted by Crippen LogP contribution is 2.26. The van der Waals surface area contributed by atoms with Gasteiger partial charge in [0.05, 0.1) is 28.1 Å². The van der Waals surface area contributed by atoms with Gasteiger partial charge in [0.15, 0.2) is 6.61 Å². The lowest BCUT2D eigenvalue weighted by molar-refractivity contribution is -0.124. The molecule has 2 aromatic carbocycles. The zero-order chi connectivity index (χ0) is 21.8. The molecule has 0 aliphatic carbocycles. The smallest absolute Gasteiger partial charge is 0.342 e. The van der Waals surface area contributed by atoms with Gasteiger partial charge in [-0.3, -0.25) is 4.79 Å². The molecule has 29 heavy (non-hydrogen) atoms. The van der Waals surface area contributed by atoms with Gasteiger partial charge in [-0.2, -0.15) is 0 Å². The van der Waals surface area contributed by atoms with Gasteiger partial charge in [0, 0.05) is 0 Å². The molecule has 2 rings (SSSR count). The first-order valence-corrected chi connectivity index (χ1v) is 10.5. The van der Waals surface area contributed by atoms with Crippen LogP contribution in [0.3, 0.4) is 0 Å². The fourth-order valence-electron chi connectivity index (χ4n) is 2.38. The molecule has 11 heteroatoms. The molecule has 1 amide bonds. The lowest BCUT2D eigenvalue weighted by atomic mass is 10.1. The van der Waals surface area contributed by atoms with Crippen LogP contribution >= 0.6 is 23.2 Å². The van der Waals surface area contributed by atoms with Gasteiger partial charge in [-0.1, -0.05) is 29.3 Å². The summed E-state index contributed by atoms with van der Waals surface area (Å²) in [6.07, 6.45) is 0. The van der Waals surface area contributed by atoms with Crippen molar-refractivity contribution in [3.8, 4) is 5.75 Å². The van der Waals surface area contributed by atoms with Gasteiger partial charge in [0.1, 0.15) is 11.3 Å². The van der Waals surface area contributed by atoms with Crippen molar-refractivity contribution in [3.63, 3.8) is 0 Å². The summed E-state index contributed by atoms with van der Waals surface area (Å²) in [6.45, 7) is 1.13. The van der Waals surface area contributed by atoms with E-state index in [1.165, 1.54) is 19.2 Å². The van der Waals surface area contributed by atoms with Crippen LogP contribution in [0.5, 0.6) is 5.75 Å². The second-order valence-electron chi connectivity index (χ2n) is 5.95. The van der Waals surface area contributed by atoms with Crippen LogP contribution in [0.4, 0.5) is 0 Å². The minimum atomic E-state index is -4.03. The number of esters is 1. The number of amides is 1. The molecule has 1 atom stereocenters. The summed E-state index contributed by atoms with van der Waals surface area (Å²) in [4.78, 5) is 24.1. The van der Waals surface area contributed by atoms with Gasteiger partial charge in [-0.15, -0.1) is 0 Å². The van der Waals surface area contributed by atoms with Crippen molar-refractivity contribution in [2.45, 2.75) is 17.9 Å². The Balaban J connectivity index is 2.04. The van der Waals surface area contributed by atoms with Crippen molar-refractivity contribution >= 4 is 45.1 Å². The molecule has 2 aromatic rings. The van der Waals surface area contributed by atoms with Crippen molar-refractivity contribution in [1.82, 2.24) is 5.32 Å². The van der Waals surface area contributed by atoms with Crippen LogP contribution in [0.25, 0.3) is 0 Å². The number of carbonyl (C=O) groups is 2. The van der Waals surface area contributed by atoms with Crippen LogP contribution < -0.4 is 15.2 Å². The molecule has 0 saturated carbocycles. The molecule has 0 heterocycles. The summed E-state index contributed by atoms with van der Waals surface area (Å²) in [5.41, 5.74) is 0.533. The molecule has 1 unspecified atom stereocenters. The fourth-order valence-corrected chi connectivity index (χ4v) is 3.23. The summed E-state index contributed by atoms with van der Waals surface area (Å²) in [5.74, 6) is -1.44. The van der Waals surface area contributed by atoms with E-state index >= 15 is 0 Å². The van der Waals surface area contributed by atoms with Crippen LogP contribution in [-0.2, 0) is 19.6 Å². The van der Waals surface area contributed by atoms with E-state index < -0.39 is 34.5 Å². The zero-order valence-corrected chi connectivity index (χ0v) is 17.8. The Bertz CT molecular complexity index is 1040. The maximum atomic E-state index is 12.3. The Morgan fingerprint density at radius 1 is 1.14 bits per heavy atom. The summed E-state index contributed by atoms with van der Waals surface area (Å²) in [5, 5.41) is 8.45. The molecule has 0 fully saturated rings. The first kappa shape index (κ1) is 23.0. The highest BCUT2D eigenvalue weighted by atomic mass is 35.5. The number of rotatable bonds is 7. The quantitative estimate of drug-likeness (QED) is 0.611. The monoisotopic (exact) mass is 460 g/mol. The SMILES string of the molecule is COc1ccc(S(N)(=O)=O)cc1C(=O)OCC(=O)NC(C)c1ccc(Cl)c(Cl)c1. The van der Waals surface area contributed by atoms with Crippen LogP contribution in [0, 0.1) is 0 Å². The lowest BCUT2D eigenvalue weighted by Crippen LogP contribution is -2.31. The number of hydrogen-bond acceptors (Lipinski definition) is 6. The maximum absolute atomic E-state index is 12.3. The van der Waals surface area contributed by atoms with Gasteiger partial charge < -0.3 is 14.8 Å². The minimum absolute atomic E-state index is 0.0759. The summed E-state index contributed by atoms with van der Waals surface area (Å²) >= 11 is 11.8. The molecule has 0 spiro atoms. The third kappa shape index (κ3) is 6.07. The molecule has 3 N–H and O–H groups in total. The molecule has 0 saturated heterocycles. The van der Waals surface area contributed by atoms with E-state index in [4.69, 9.17) is 37.8 Å². The Morgan fingerprint density at radius 3 is 2.41 bits per heavy atom. The number of benzene rings is 2. The maximum Gasteiger partial charge on any atom is 0.342 e. The Hall–Kier alpha value is -2.33. The van der Waals surface area contributed by atoms with E-state index in [2.05, 4.69) is 5.32 Å². The number of nitrogens with one attached hydrogen (secondary N) is 1. The van der Waals surface area contributed by atoms with E-state index in [0.29, 0.717) is 15.6 Å². The number of nitrogens with two attached hydrogens (primary N) is 1. The molecular formula is C18H18Cl2N2O6S. The molecule has 156 valence electrons. The summed E-state index contributed by atoms with van der Waals surface area (Å²) < 4.78 is 32.9. The molecule has 0 aliphatic rings. The van der Waals surface area contributed by atoms with Crippen molar-refractivity contribution in [3.05, 3.63) is 57.6 Å². The Morgan fingerprint density at radius 2 is 1.83 bits per heavy atom. The number of sulfonamides is 1. The molecule has 0 aliphatic heterocycles. The van der Waals surface area contributed by atoms with Crippen molar-refractivity contribution in [2.75, 3.05) is 13.7 Å². The van der Waals surface area contributed by atoms with Gasteiger partial charge in [0.2, 0.25) is 10.0 Å². The number of halogens is 2. The predicted octanol–water partition coefficient (Wildman–Crippen LogP) is 2.68. The van der Waals surface area contributed by atoms with Crippen LogP contribution in [0.1, 0.15) is 28.9 Å². The van der Waals surface area contributed by atoms with E-state index in [9.17, 15) is 18.0 Å². The van der Waals surface area contributed by atoms with Gasteiger partial charge in [-0.05, 0) is 42.8 Å². The highest BCUT2D eigenvalue weighted by Gasteiger charge is 2.20. The number of ether oxygens (including phenoxy) is 2. The molecule has 8 nitrogen and oxygen atoms in total. The van der Waals surface area contributed by atoms with Gasteiger partial charge >= 0.3 is 5.97 Å². The summed E-state index contributed by atoms with van der Waals surface area (Å²) in [7, 11) is -2.73. The van der Waals surface area contributed by atoms with E-state index in [0.717, 1.165) is 6.07 Å². The third-order valence-corrected chi connectivity index (χ3v) is 5.52. The second-order valence-corrected chi connectivity index (χ2v) is 8.32. The molecule has 0 radical (unpaired) electrons. The van der Waals surface area contributed by atoms with E-state index in [1.807, 2.05) is 0 Å². The standard InChI is InChI=1S/C18H18Cl2N2O6S/c1-10(11-3-5-14(19)15(20)7-11)22-17(23)9-28-18(24)13-8-12(29(21,25)26)4-6-16(13)27-2/h3-8,10H,9H2,1-2H3,(H,22,23)(H2,21,25,26). The van der Waals surface area contributed by atoms with Crippen LogP contribution in [0.2, 0.25) is 10.0 Å². The number of hydrogen-bond donors (Lipinski definition) is 2. The molecule has 0 aromatic heterocycles. The van der Waals surface area contributed by atoms with Crippen LogP contribution in [0.15, 0.2) is 41.3 Å². The number of carbonyl (C=O) groups excluding carboxylic acids is 2. The van der Waals surface area contributed by atoms with E-state index in [1.54, 1.807) is 25.1 Å². The van der Waals surface area contributed by atoms with Gasteiger partial charge in [-0.25, -0.2) is 18.4 Å². The number of methoxy groups -OCH3 is 1. The van der Waals surface area contributed by atoms with Gasteiger partial charge in [0.25, 0.3) is 5.91 Å². The first-order valence-electron chi connectivity index (χ1n) is 8.15. The third-order valence-electron chi connectivity index (χ3n) is 3.87. The molecule has 0 bridgehead atoms. The largest absolute Gasteiger partial charge is 0.496 e. The Kier molecular flexibility index (Phi) is 7.48. The van der Waals surface area contributed by atoms with Crippen molar-refractivity contribution in [2.24, 2.45) is 5.14 Å². The van der Waals surface area contributed by atoms with Crippen molar-refractivity contribution < 1.29 is 27.5 Å². The minimum Gasteiger partial charge on any atom is -0.496 e. The topological polar surface area (TPSA) is 125 Å². The average molecular weight is 461 g/mol. The fraction of sp³-hybridized carbons (Fsp3) is 0.222. The normalized spacial score (nSPS) is 12.2. The Labute approximate surface area is 177 Å². The average Bonchev–Trinajstić information content (AvgIpc) is 2.66. The lowest BCUT2D eigenvalue weighted by Gasteiger charge is -2.15. The van der Waals surface area contributed by atoms with Crippen molar-refractivity contribution in [1.29, 1.82) is 0 Å².